The van der Waals surface area contributed by atoms with Crippen molar-refractivity contribution in [3.63, 3.8) is 0 Å². The van der Waals surface area contributed by atoms with Crippen molar-refractivity contribution in [3.8, 4) is 11.5 Å². The zero-order valence-corrected chi connectivity index (χ0v) is 12.1. The number of anilines is 1. The molecule has 1 aliphatic carbocycles. The predicted octanol–water partition coefficient (Wildman–Crippen LogP) is 3.21. The first-order chi connectivity index (χ1) is 9.55. The van der Waals surface area contributed by atoms with Crippen LogP contribution < -0.4 is 14.8 Å². The molecule has 1 N–H and O–H groups in total. The molecule has 0 saturated heterocycles. The van der Waals surface area contributed by atoms with Crippen LogP contribution in [0.2, 0.25) is 0 Å². The van der Waals surface area contributed by atoms with Gasteiger partial charge in [0.05, 0.1) is 25.2 Å². The number of nitro groups is 1. The fourth-order valence-electron chi connectivity index (χ4n) is 2.28. The van der Waals surface area contributed by atoms with E-state index in [9.17, 15) is 10.1 Å². The molecular weight excluding hydrogens is 260 g/mol. The van der Waals surface area contributed by atoms with Gasteiger partial charge >= 0.3 is 0 Å². The van der Waals surface area contributed by atoms with Gasteiger partial charge in [-0.05, 0) is 24.7 Å². The van der Waals surface area contributed by atoms with Crippen molar-refractivity contribution in [3.05, 3.63) is 22.2 Å². The average Bonchev–Trinajstić information content (AvgIpc) is 3.24. The van der Waals surface area contributed by atoms with Crippen molar-refractivity contribution < 1.29 is 14.4 Å². The van der Waals surface area contributed by atoms with E-state index in [1.165, 1.54) is 33.1 Å². The van der Waals surface area contributed by atoms with Crippen LogP contribution in [0.15, 0.2) is 12.1 Å². The van der Waals surface area contributed by atoms with E-state index in [2.05, 4.69) is 12.2 Å². The Morgan fingerprint density at radius 2 is 1.90 bits per heavy atom. The van der Waals surface area contributed by atoms with Gasteiger partial charge in [0, 0.05) is 12.6 Å². The van der Waals surface area contributed by atoms with Crippen LogP contribution in [0.4, 0.5) is 11.4 Å². The Balaban J connectivity index is 2.27. The number of ether oxygens (including phenoxy) is 2. The van der Waals surface area contributed by atoms with Crippen LogP contribution in [0.1, 0.15) is 26.2 Å². The molecule has 0 atom stereocenters. The molecule has 1 fully saturated rings. The molecule has 1 aromatic rings. The topological polar surface area (TPSA) is 73.6 Å². The van der Waals surface area contributed by atoms with Crippen molar-refractivity contribution in [2.75, 3.05) is 26.1 Å². The monoisotopic (exact) mass is 280 g/mol. The summed E-state index contributed by atoms with van der Waals surface area (Å²) in [5, 5.41) is 14.4. The number of nitrogens with one attached hydrogen (secondary N) is 1. The van der Waals surface area contributed by atoms with Gasteiger partial charge in [-0.15, -0.1) is 0 Å². The summed E-state index contributed by atoms with van der Waals surface area (Å²) >= 11 is 0. The summed E-state index contributed by atoms with van der Waals surface area (Å²) in [4.78, 5) is 10.8. The quantitative estimate of drug-likeness (QED) is 0.613. The maximum absolute atomic E-state index is 11.2. The Morgan fingerprint density at radius 1 is 1.30 bits per heavy atom. The van der Waals surface area contributed by atoms with Crippen LogP contribution in [0, 0.1) is 15.5 Å². The second kappa shape index (κ2) is 5.56. The molecule has 0 aliphatic heterocycles. The van der Waals surface area contributed by atoms with Gasteiger partial charge < -0.3 is 14.8 Å². The summed E-state index contributed by atoms with van der Waals surface area (Å²) in [5.41, 5.74) is 0.794. The molecule has 0 spiro atoms. The van der Waals surface area contributed by atoms with Gasteiger partial charge in [-0.2, -0.15) is 0 Å². The van der Waals surface area contributed by atoms with E-state index in [1.54, 1.807) is 6.07 Å². The van der Waals surface area contributed by atoms with E-state index >= 15 is 0 Å². The molecule has 0 bridgehead atoms. The van der Waals surface area contributed by atoms with Crippen LogP contribution in [0.3, 0.4) is 0 Å². The maximum atomic E-state index is 11.2. The Labute approximate surface area is 118 Å². The number of nitro benzene ring substituents is 1. The van der Waals surface area contributed by atoms with Crippen LogP contribution in [0.5, 0.6) is 11.5 Å². The lowest BCUT2D eigenvalue weighted by molar-refractivity contribution is -0.384. The van der Waals surface area contributed by atoms with E-state index in [1.807, 2.05) is 0 Å². The largest absolute Gasteiger partial charge is 0.493 e. The number of hydrogen-bond acceptors (Lipinski definition) is 5. The smallest absolute Gasteiger partial charge is 0.296 e. The van der Waals surface area contributed by atoms with Gasteiger partial charge in [-0.3, -0.25) is 10.1 Å². The van der Waals surface area contributed by atoms with Crippen molar-refractivity contribution in [1.82, 2.24) is 0 Å². The minimum Gasteiger partial charge on any atom is -0.493 e. The number of nitrogens with zero attached hydrogens (tertiary/aromatic N) is 1. The Hall–Kier alpha value is -1.98. The first-order valence-corrected chi connectivity index (χ1v) is 6.69. The number of hydrogen-bond donors (Lipinski definition) is 1. The second-order valence-corrected chi connectivity index (χ2v) is 5.19. The summed E-state index contributed by atoms with van der Waals surface area (Å²) in [6.07, 6.45) is 3.44. The summed E-state index contributed by atoms with van der Waals surface area (Å²) < 4.78 is 10.3. The first-order valence-electron chi connectivity index (χ1n) is 6.69. The third-order valence-electron chi connectivity index (χ3n) is 4.06. The van der Waals surface area contributed by atoms with Crippen LogP contribution in [-0.4, -0.2) is 25.7 Å². The van der Waals surface area contributed by atoms with Crippen molar-refractivity contribution in [1.29, 1.82) is 0 Å². The van der Waals surface area contributed by atoms with Gasteiger partial charge in [0.25, 0.3) is 5.69 Å². The molecule has 6 heteroatoms. The predicted molar refractivity (Wildman–Crippen MR) is 76.6 cm³/mol. The lowest BCUT2D eigenvalue weighted by Crippen LogP contribution is -2.15. The fourth-order valence-corrected chi connectivity index (χ4v) is 2.28. The molecule has 110 valence electrons. The minimum atomic E-state index is -0.407. The molecule has 1 aliphatic rings. The van der Waals surface area contributed by atoms with E-state index in [0.717, 1.165) is 13.0 Å². The standard InChI is InChI=1S/C14H20N2O4/c1-4-14(5-6-14)9-15-10-7-12(19-2)13(20-3)8-11(10)16(17)18/h7-8,15H,4-6,9H2,1-3H3. The number of methoxy groups -OCH3 is 2. The molecule has 0 radical (unpaired) electrons. The van der Waals surface area contributed by atoms with Crippen molar-refractivity contribution in [2.24, 2.45) is 5.41 Å². The molecule has 0 unspecified atom stereocenters. The van der Waals surface area contributed by atoms with Gasteiger partial charge in [-0.1, -0.05) is 6.92 Å². The van der Waals surface area contributed by atoms with Crippen molar-refractivity contribution in [2.45, 2.75) is 26.2 Å². The Kier molecular flexibility index (Phi) is 4.01. The summed E-state index contributed by atoms with van der Waals surface area (Å²) in [6.45, 7) is 2.90. The average molecular weight is 280 g/mol. The zero-order chi connectivity index (χ0) is 14.8. The highest BCUT2D eigenvalue weighted by Crippen LogP contribution is 2.49. The molecule has 0 heterocycles. The molecule has 20 heavy (non-hydrogen) atoms. The molecule has 1 aromatic carbocycles. The molecule has 2 rings (SSSR count). The molecule has 0 amide bonds. The third-order valence-corrected chi connectivity index (χ3v) is 4.06. The highest BCUT2D eigenvalue weighted by molar-refractivity contribution is 5.68. The molecule has 1 saturated carbocycles. The van der Waals surface area contributed by atoms with Gasteiger partial charge in [-0.25, -0.2) is 0 Å². The first kappa shape index (κ1) is 14.4. The summed E-state index contributed by atoms with van der Waals surface area (Å²) in [5.74, 6) is 0.850. The molecule has 6 nitrogen and oxygen atoms in total. The van der Waals surface area contributed by atoms with Gasteiger partial charge in [0.2, 0.25) is 0 Å². The zero-order valence-electron chi connectivity index (χ0n) is 12.1. The fraction of sp³-hybridized carbons (Fsp3) is 0.571. The van der Waals surface area contributed by atoms with Crippen LogP contribution >= 0.6 is 0 Å². The van der Waals surface area contributed by atoms with Crippen LogP contribution in [0.25, 0.3) is 0 Å². The van der Waals surface area contributed by atoms with Gasteiger partial charge in [0.15, 0.2) is 11.5 Å². The summed E-state index contributed by atoms with van der Waals surface area (Å²) in [6, 6.07) is 3.02. The molecular formula is C14H20N2O4. The minimum absolute atomic E-state index is 0.00885. The number of rotatable bonds is 7. The SMILES string of the molecule is CCC1(CNc2cc(OC)c(OC)cc2[N+](=O)[O-])CC1. The lowest BCUT2D eigenvalue weighted by Gasteiger charge is -2.16. The maximum Gasteiger partial charge on any atom is 0.296 e. The van der Waals surface area contributed by atoms with Crippen LogP contribution in [-0.2, 0) is 0 Å². The van der Waals surface area contributed by atoms with Gasteiger partial charge in [0.1, 0.15) is 5.69 Å². The van der Waals surface area contributed by atoms with Crippen molar-refractivity contribution >= 4 is 11.4 Å². The van der Waals surface area contributed by atoms with E-state index in [-0.39, 0.29) is 5.69 Å². The van der Waals surface area contributed by atoms with E-state index in [4.69, 9.17) is 9.47 Å². The Bertz CT molecular complexity index is 512. The van der Waals surface area contributed by atoms with E-state index < -0.39 is 4.92 Å². The summed E-state index contributed by atoms with van der Waals surface area (Å²) in [7, 11) is 2.98. The lowest BCUT2D eigenvalue weighted by atomic mass is 10.0. The highest BCUT2D eigenvalue weighted by Gasteiger charge is 2.40. The second-order valence-electron chi connectivity index (χ2n) is 5.19. The Morgan fingerprint density at radius 3 is 2.35 bits per heavy atom. The normalized spacial score (nSPS) is 15.6. The van der Waals surface area contributed by atoms with E-state index in [0.29, 0.717) is 22.6 Å². The number of benzene rings is 1. The highest BCUT2D eigenvalue weighted by atomic mass is 16.6. The third kappa shape index (κ3) is 2.79. The molecule has 0 aromatic heterocycles.